The number of rotatable bonds is 4. The molecule has 0 saturated heterocycles. The van der Waals surface area contributed by atoms with Crippen molar-refractivity contribution < 1.29 is 9.15 Å². The van der Waals surface area contributed by atoms with E-state index in [1.165, 1.54) is 0 Å². The molecule has 0 saturated carbocycles. The van der Waals surface area contributed by atoms with Gasteiger partial charge in [-0.1, -0.05) is 30.3 Å². The number of fused-ring (bicyclic) bond motifs is 1. The number of furan rings is 1. The van der Waals surface area contributed by atoms with E-state index in [4.69, 9.17) is 27.1 Å². The molecule has 5 nitrogen and oxygen atoms in total. The van der Waals surface area contributed by atoms with Crippen molar-refractivity contribution >= 4 is 34.5 Å². The van der Waals surface area contributed by atoms with Crippen molar-refractivity contribution in [2.75, 3.05) is 7.11 Å². The summed E-state index contributed by atoms with van der Waals surface area (Å²) in [4.78, 5) is 0. The molecule has 0 spiro atoms. The summed E-state index contributed by atoms with van der Waals surface area (Å²) >= 11 is 4.74. The van der Waals surface area contributed by atoms with Crippen LogP contribution in [0.1, 0.15) is 5.76 Å². The standard InChI is InChI=1S/C17H15N3O2S/c1-21-12-7-8-14-13(9-12)16(11-5-3-2-4-6-11)15(22-14)10-19-20-17(18)23/h2-10H,1H3,(H3,18,20,23). The van der Waals surface area contributed by atoms with Gasteiger partial charge < -0.3 is 14.9 Å². The largest absolute Gasteiger partial charge is 0.497 e. The van der Waals surface area contributed by atoms with Gasteiger partial charge in [-0.05, 0) is 36.0 Å². The van der Waals surface area contributed by atoms with Gasteiger partial charge in [-0.15, -0.1) is 0 Å². The molecular formula is C17H15N3O2S. The predicted molar refractivity (Wildman–Crippen MR) is 95.7 cm³/mol. The zero-order valence-electron chi connectivity index (χ0n) is 12.4. The van der Waals surface area contributed by atoms with Gasteiger partial charge in [0.2, 0.25) is 0 Å². The van der Waals surface area contributed by atoms with Crippen LogP contribution in [0.4, 0.5) is 0 Å². The lowest BCUT2D eigenvalue weighted by Crippen LogP contribution is -2.23. The van der Waals surface area contributed by atoms with E-state index in [1.54, 1.807) is 13.3 Å². The van der Waals surface area contributed by atoms with E-state index in [1.807, 2.05) is 48.5 Å². The minimum atomic E-state index is 0.0975. The summed E-state index contributed by atoms with van der Waals surface area (Å²) in [6, 6.07) is 15.6. The molecule has 0 bridgehead atoms. The first-order chi connectivity index (χ1) is 11.2. The average Bonchev–Trinajstić information content (AvgIpc) is 2.92. The van der Waals surface area contributed by atoms with Crippen LogP contribution < -0.4 is 15.9 Å². The number of benzene rings is 2. The lowest BCUT2D eigenvalue weighted by atomic mass is 10.0. The molecule has 2 aromatic carbocycles. The maximum Gasteiger partial charge on any atom is 0.184 e. The van der Waals surface area contributed by atoms with Crippen LogP contribution in [0.3, 0.4) is 0 Å². The Bertz CT molecular complexity index is 872. The molecule has 1 aromatic heterocycles. The summed E-state index contributed by atoms with van der Waals surface area (Å²) in [6.45, 7) is 0. The number of hydrogen-bond acceptors (Lipinski definition) is 4. The van der Waals surface area contributed by atoms with Crippen LogP contribution in [0.2, 0.25) is 0 Å². The third kappa shape index (κ3) is 3.17. The summed E-state index contributed by atoms with van der Waals surface area (Å²) < 4.78 is 11.2. The zero-order valence-corrected chi connectivity index (χ0v) is 13.3. The SMILES string of the molecule is COc1ccc2oc(C=NNC(N)=S)c(-c3ccccc3)c2c1. The number of ether oxygens (including phenoxy) is 1. The monoisotopic (exact) mass is 325 g/mol. The molecule has 0 amide bonds. The third-order valence-electron chi connectivity index (χ3n) is 3.34. The summed E-state index contributed by atoms with van der Waals surface area (Å²) in [5.41, 5.74) is 10.6. The van der Waals surface area contributed by atoms with Gasteiger partial charge in [0, 0.05) is 10.9 Å². The summed E-state index contributed by atoms with van der Waals surface area (Å²) in [5.74, 6) is 1.38. The van der Waals surface area contributed by atoms with Gasteiger partial charge in [-0.2, -0.15) is 5.10 Å². The zero-order chi connectivity index (χ0) is 16.2. The maximum atomic E-state index is 5.91. The van der Waals surface area contributed by atoms with Gasteiger partial charge in [0.25, 0.3) is 0 Å². The number of thiocarbonyl (C=S) groups is 1. The molecule has 6 heteroatoms. The van der Waals surface area contributed by atoms with Gasteiger partial charge in [-0.25, -0.2) is 0 Å². The molecule has 1 heterocycles. The van der Waals surface area contributed by atoms with E-state index in [0.717, 1.165) is 27.8 Å². The molecular weight excluding hydrogens is 310 g/mol. The number of methoxy groups -OCH3 is 1. The normalized spacial score (nSPS) is 11.0. The number of nitrogens with one attached hydrogen (secondary N) is 1. The van der Waals surface area contributed by atoms with Crippen molar-refractivity contribution in [1.29, 1.82) is 0 Å². The van der Waals surface area contributed by atoms with E-state index in [-0.39, 0.29) is 5.11 Å². The molecule has 3 N–H and O–H groups in total. The predicted octanol–water partition coefficient (Wildman–Crippen LogP) is 3.28. The van der Waals surface area contributed by atoms with Crippen LogP contribution in [0, 0.1) is 0 Å². The molecule has 0 unspecified atom stereocenters. The smallest absolute Gasteiger partial charge is 0.184 e. The molecule has 23 heavy (non-hydrogen) atoms. The van der Waals surface area contributed by atoms with Crippen LogP contribution in [0.25, 0.3) is 22.1 Å². The van der Waals surface area contributed by atoms with Crippen molar-refractivity contribution in [1.82, 2.24) is 5.43 Å². The fraction of sp³-hybridized carbons (Fsp3) is 0.0588. The van der Waals surface area contributed by atoms with Crippen LogP contribution in [0.15, 0.2) is 58.0 Å². The van der Waals surface area contributed by atoms with Gasteiger partial charge in [-0.3, -0.25) is 5.43 Å². The number of hydrogen-bond donors (Lipinski definition) is 2. The Hall–Kier alpha value is -2.86. The molecule has 0 atom stereocenters. The van der Waals surface area contributed by atoms with Crippen LogP contribution in [0.5, 0.6) is 5.75 Å². The van der Waals surface area contributed by atoms with E-state index in [9.17, 15) is 0 Å². The quantitative estimate of drug-likeness (QED) is 0.437. The summed E-state index contributed by atoms with van der Waals surface area (Å²) in [5, 5.41) is 5.05. The molecule has 0 aliphatic carbocycles. The van der Waals surface area contributed by atoms with E-state index < -0.39 is 0 Å². The van der Waals surface area contributed by atoms with Gasteiger partial charge in [0.05, 0.1) is 13.3 Å². The van der Waals surface area contributed by atoms with Crippen molar-refractivity contribution in [2.45, 2.75) is 0 Å². The molecule has 3 rings (SSSR count). The van der Waals surface area contributed by atoms with E-state index in [0.29, 0.717) is 5.76 Å². The maximum absolute atomic E-state index is 5.91. The molecule has 0 aliphatic rings. The van der Waals surface area contributed by atoms with Crippen LogP contribution in [-0.4, -0.2) is 18.4 Å². The first kappa shape index (κ1) is 15.1. The Morgan fingerprint density at radius 3 is 2.74 bits per heavy atom. The summed E-state index contributed by atoms with van der Waals surface area (Å²) in [6.07, 6.45) is 1.56. The minimum absolute atomic E-state index is 0.0975. The third-order valence-corrected chi connectivity index (χ3v) is 3.43. The highest BCUT2D eigenvalue weighted by molar-refractivity contribution is 7.80. The highest BCUT2D eigenvalue weighted by Gasteiger charge is 2.15. The number of nitrogens with two attached hydrogens (primary N) is 1. The molecule has 0 fully saturated rings. The van der Waals surface area contributed by atoms with Gasteiger partial charge in [0.1, 0.15) is 11.3 Å². The lowest BCUT2D eigenvalue weighted by Gasteiger charge is -2.02. The minimum Gasteiger partial charge on any atom is -0.497 e. The second kappa shape index (κ2) is 6.50. The van der Waals surface area contributed by atoms with E-state index >= 15 is 0 Å². The van der Waals surface area contributed by atoms with E-state index in [2.05, 4.69) is 10.5 Å². The highest BCUT2D eigenvalue weighted by Crippen LogP contribution is 2.35. The van der Waals surface area contributed by atoms with Crippen molar-refractivity contribution in [3.05, 3.63) is 54.3 Å². The average molecular weight is 325 g/mol. The second-order valence-corrected chi connectivity index (χ2v) is 5.24. The molecule has 3 aromatic rings. The highest BCUT2D eigenvalue weighted by atomic mass is 32.1. The Balaban J connectivity index is 2.18. The molecule has 0 aliphatic heterocycles. The first-order valence-electron chi connectivity index (χ1n) is 6.93. The van der Waals surface area contributed by atoms with Crippen LogP contribution >= 0.6 is 12.2 Å². The van der Waals surface area contributed by atoms with Crippen molar-refractivity contribution in [3.8, 4) is 16.9 Å². The molecule has 0 radical (unpaired) electrons. The topological polar surface area (TPSA) is 72.8 Å². The first-order valence-corrected chi connectivity index (χ1v) is 7.34. The number of nitrogens with zero attached hydrogens (tertiary/aromatic N) is 1. The Kier molecular flexibility index (Phi) is 4.25. The fourth-order valence-corrected chi connectivity index (χ4v) is 2.42. The summed E-state index contributed by atoms with van der Waals surface area (Å²) in [7, 11) is 1.64. The second-order valence-electron chi connectivity index (χ2n) is 4.80. The fourth-order valence-electron chi connectivity index (χ4n) is 2.37. The Labute approximate surface area is 138 Å². The number of hydrazone groups is 1. The molecule has 116 valence electrons. The lowest BCUT2D eigenvalue weighted by molar-refractivity contribution is 0.415. The van der Waals surface area contributed by atoms with Crippen molar-refractivity contribution in [2.24, 2.45) is 10.8 Å². The van der Waals surface area contributed by atoms with Crippen LogP contribution in [-0.2, 0) is 0 Å². The Morgan fingerprint density at radius 1 is 1.26 bits per heavy atom. The Morgan fingerprint density at radius 2 is 2.04 bits per heavy atom. The van der Waals surface area contributed by atoms with Gasteiger partial charge in [0.15, 0.2) is 10.9 Å². The van der Waals surface area contributed by atoms with Gasteiger partial charge >= 0.3 is 0 Å². The van der Waals surface area contributed by atoms with Crippen molar-refractivity contribution in [3.63, 3.8) is 0 Å².